The number of hydrogen-bond donors (Lipinski definition) is 1. The zero-order valence-corrected chi connectivity index (χ0v) is 12.1. The van der Waals surface area contributed by atoms with Crippen molar-refractivity contribution in [1.29, 1.82) is 0 Å². The lowest BCUT2D eigenvalue weighted by molar-refractivity contribution is -0.136. The van der Waals surface area contributed by atoms with Crippen LogP contribution in [0.2, 0.25) is 5.02 Å². The van der Waals surface area contributed by atoms with Crippen molar-refractivity contribution in [3.8, 4) is 0 Å². The van der Waals surface area contributed by atoms with Crippen LogP contribution in [0.4, 0.5) is 0 Å². The van der Waals surface area contributed by atoms with Crippen molar-refractivity contribution in [2.24, 2.45) is 0 Å². The van der Waals surface area contributed by atoms with Gasteiger partial charge in [-0.25, -0.2) is 0 Å². The molecule has 2 rings (SSSR count). The van der Waals surface area contributed by atoms with Crippen molar-refractivity contribution in [2.75, 3.05) is 0 Å². The normalized spacial score (nSPS) is 12.6. The van der Waals surface area contributed by atoms with Gasteiger partial charge in [0.05, 0.1) is 17.0 Å². The summed E-state index contributed by atoms with van der Waals surface area (Å²) in [5.74, 6) is -0.965. The minimum atomic E-state index is -0.965. The number of carbonyl (C=O) groups is 1. The van der Waals surface area contributed by atoms with Crippen LogP contribution in [0.25, 0.3) is 10.9 Å². The lowest BCUT2D eigenvalue weighted by Crippen LogP contribution is -2.19. The zero-order valence-electron chi connectivity index (χ0n) is 11.4. The van der Waals surface area contributed by atoms with Crippen LogP contribution in [-0.2, 0) is 11.2 Å². The summed E-state index contributed by atoms with van der Waals surface area (Å²) in [6.45, 7) is 3.99. The molecule has 1 unspecified atom stereocenters. The standard InChI is InChI=1S/C15H16ClNO3/c1-3-9(2)17-10(8-14(19)20)7-13(18)11-5-4-6-12(16)15(11)17/h4-7,9H,3,8H2,1-2H3,(H,19,20). The number of fused-ring (bicyclic) bond motifs is 1. The molecular weight excluding hydrogens is 278 g/mol. The van der Waals surface area contributed by atoms with Gasteiger partial charge in [-0.3, -0.25) is 9.59 Å². The molecule has 0 radical (unpaired) electrons. The van der Waals surface area contributed by atoms with E-state index < -0.39 is 5.97 Å². The number of halogens is 1. The van der Waals surface area contributed by atoms with Crippen LogP contribution in [0.1, 0.15) is 32.0 Å². The number of para-hydroxylation sites is 1. The van der Waals surface area contributed by atoms with Crippen molar-refractivity contribution in [1.82, 2.24) is 4.57 Å². The van der Waals surface area contributed by atoms with E-state index in [1.54, 1.807) is 18.2 Å². The Hall–Kier alpha value is -1.81. The first-order valence-corrected chi connectivity index (χ1v) is 6.88. The van der Waals surface area contributed by atoms with Crippen molar-refractivity contribution >= 4 is 28.5 Å². The van der Waals surface area contributed by atoms with Crippen LogP contribution < -0.4 is 5.43 Å². The van der Waals surface area contributed by atoms with Crippen molar-refractivity contribution < 1.29 is 9.90 Å². The summed E-state index contributed by atoms with van der Waals surface area (Å²) in [6.07, 6.45) is 0.622. The Bertz CT molecular complexity index is 721. The summed E-state index contributed by atoms with van der Waals surface area (Å²) in [5, 5.41) is 10.0. The highest BCUT2D eigenvalue weighted by molar-refractivity contribution is 6.35. The molecule has 0 spiro atoms. The van der Waals surface area contributed by atoms with Crippen molar-refractivity contribution in [3.05, 3.63) is 45.2 Å². The van der Waals surface area contributed by atoms with Crippen molar-refractivity contribution in [2.45, 2.75) is 32.7 Å². The largest absolute Gasteiger partial charge is 0.481 e. The summed E-state index contributed by atoms with van der Waals surface area (Å²) >= 11 is 6.24. The number of pyridine rings is 1. The maximum Gasteiger partial charge on any atom is 0.309 e. The van der Waals surface area contributed by atoms with Gasteiger partial charge in [-0.05, 0) is 25.5 Å². The molecule has 20 heavy (non-hydrogen) atoms. The minimum absolute atomic E-state index is 0.0624. The smallest absolute Gasteiger partial charge is 0.309 e. The highest BCUT2D eigenvalue weighted by atomic mass is 35.5. The van der Waals surface area contributed by atoms with Gasteiger partial charge >= 0.3 is 5.97 Å². The molecule has 0 bridgehead atoms. The first-order chi connectivity index (χ1) is 9.45. The highest BCUT2D eigenvalue weighted by Crippen LogP contribution is 2.27. The number of carboxylic acids is 1. The van der Waals surface area contributed by atoms with E-state index in [0.717, 1.165) is 6.42 Å². The predicted octanol–water partition coefficient (Wildman–Crippen LogP) is 3.25. The molecule has 0 saturated heterocycles. The second-order valence-corrected chi connectivity index (χ2v) is 5.24. The number of nitrogens with zero attached hydrogens (tertiary/aromatic N) is 1. The van der Waals surface area contributed by atoms with Gasteiger partial charge in [0.2, 0.25) is 0 Å². The Kier molecular flexibility index (Phi) is 4.14. The van der Waals surface area contributed by atoms with Gasteiger partial charge in [-0.2, -0.15) is 0 Å². The molecule has 0 aliphatic carbocycles. The van der Waals surface area contributed by atoms with E-state index in [9.17, 15) is 9.59 Å². The second-order valence-electron chi connectivity index (χ2n) is 4.83. The van der Waals surface area contributed by atoms with Crippen LogP contribution in [0.3, 0.4) is 0 Å². The van der Waals surface area contributed by atoms with Crippen LogP contribution in [-0.4, -0.2) is 15.6 Å². The van der Waals surface area contributed by atoms with Gasteiger partial charge in [0.15, 0.2) is 5.43 Å². The molecule has 5 heteroatoms. The fourth-order valence-electron chi connectivity index (χ4n) is 2.38. The van der Waals surface area contributed by atoms with Gasteiger partial charge in [-0.1, -0.05) is 24.6 Å². The first-order valence-electron chi connectivity index (χ1n) is 6.50. The molecule has 1 aromatic carbocycles. The fraction of sp³-hybridized carbons (Fsp3) is 0.333. The van der Waals surface area contributed by atoms with E-state index in [1.807, 2.05) is 18.4 Å². The lowest BCUT2D eigenvalue weighted by atomic mass is 10.1. The molecule has 1 heterocycles. The zero-order chi connectivity index (χ0) is 14.9. The third-order valence-corrected chi connectivity index (χ3v) is 3.77. The molecule has 1 N–H and O–H groups in total. The Balaban J connectivity index is 2.89. The van der Waals surface area contributed by atoms with E-state index in [2.05, 4.69) is 0 Å². The van der Waals surface area contributed by atoms with E-state index in [1.165, 1.54) is 6.07 Å². The summed E-state index contributed by atoms with van der Waals surface area (Å²) in [6, 6.07) is 6.62. The number of aromatic nitrogens is 1. The van der Waals surface area contributed by atoms with Crippen LogP contribution in [0.15, 0.2) is 29.1 Å². The Morgan fingerprint density at radius 3 is 2.75 bits per heavy atom. The number of carboxylic acid groups (broad SMARTS) is 1. The van der Waals surface area contributed by atoms with Gasteiger partial charge < -0.3 is 9.67 Å². The number of rotatable bonds is 4. The lowest BCUT2D eigenvalue weighted by Gasteiger charge is -2.22. The quantitative estimate of drug-likeness (QED) is 0.941. The molecule has 106 valence electrons. The predicted molar refractivity (Wildman–Crippen MR) is 79.6 cm³/mol. The second kappa shape index (κ2) is 5.67. The molecule has 2 aromatic rings. The molecule has 0 aliphatic heterocycles. The summed E-state index contributed by atoms with van der Waals surface area (Å²) in [5.41, 5.74) is 0.906. The monoisotopic (exact) mass is 293 g/mol. The van der Waals surface area contributed by atoms with Gasteiger partial charge in [0.1, 0.15) is 0 Å². The van der Waals surface area contributed by atoms with E-state index in [-0.39, 0.29) is 17.9 Å². The van der Waals surface area contributed by atoms with Gasteiger partial charge in [-0.15, -0.1) is 0 Å². The minimum Gasteiger partial charge on any atom is -0.481 e. The number of benzene rings is 1. The Morgan fingerprint density at radius 2 is 2.15 bits per heavy atom. The Morgan fingerprint density at radius 1 is 1.45 bits per heavy atom. The maximum atomic E-state index is 12.1. The molecule has 0 fully saturated rings. The first kappa shape index (κ1) is 14.6. The molecule has 1 aromatic heterocycles. The van der Waals surface area contributed by atoms with E-state index in [0.29, 0.717) is 21.6 Å². The van der Waals surface area contributed by atoms with E-state index >= 15 is 0 Å². The van der Waals surface area contributed by atoms with E-state index in [4.69, 9.17) is 16.7 Å². The molecule has 1 atom stereocenters. The molecule has 0 amide bonds. The van der Waals surface area contributed by atoms with Crippen LogP contribution in [0.5, 0.6) is 0 Å². The fourth-order valence-corrected chi connectivity index (χ4v) is 2.64. The molecular formula is C15H16ClNO3. The summed E-state index contributed by atoms with van der Waals surface area (Å²) in [7, 11) is 0. The summed E-state index contributed by atoms with van der Waals surface area (Å²) in [4.78, 5) is 23.1. The van der Waals surface area contributed by atoms with Gasteiger partial charge in [0, 0.05) is 23.2 Å². The average molecular weight is 294 g/mol. The summed E-state index contributed by atoms with van der Waals surface area (Å²) < 4.78 is 1.87. The maximum absolute atomic E-state index is 12.1. The number of aliphatic carboxylic acids is 1. The Labute approximate surface area is 121 Å². The van der Waals surface area contributed by atoms with Crippen LogP contribution in [0, 0.1) is 0 Å². The highest BCUT2D eigenvalue weighted by Gasteiger charge is 2.17. The van der Waals surface area contributed by atoms with Crippen molar-refractivity contribution in [3.63, 3.8) is 0 Å². The average Bonchev–Trinajstić information content (AvgIpc) is 2.38. The van der Waals surface area contributed by atoms with Crippen LogP contribution >= 0.6 is 11.6 Å². The van der Waals surface area contributed by atoms with Gasteiger partial charge in [0.25, 0.3) is 0 Å². The number of hydrogen-bond acceptors (Lipinski definition) is 2. The molecule has 4 nitrogen and oxygen atoms in total. The molecule has 0 saturated carbocycles. The molecule has 0 aliphatic rings. The third kappa shape index (κ3) is 2.56. The third-order valence-electron chi connectivity index (χ3n) is 3.46. The topological polar surface area (TPSA) is 59.3 Å². The SMILES string of the molecule is CCC(C)n1c(CC(=O)O)cc(=O)c2cccc(Cl)c21.